The summed E-state index contributed by atoms with van der Waals surface area (Å²) in [4.78, 5) is 30.6. The molecule has 7 rings (SSSR count). The molecule has 1 aliphatic heterocycles. The minimum atomic E-state index is -0.553. The van der Waals surface area contributed by atoms with Crippen LogP contribution in [0, 0.1) is 6.92 Å². The largest absolute Gasteiger partial charge is 0.481 e. The summed E-state index contributed by atoms with van der Waals surface area (Å²) < 4.78 is 13.7. The number of rotatable bonds is 7. The molecule has 3 atom stereocenters. The molecule has 48 heavy (non-hydrogen) atoms. The number of nitrogens with zero attached hydrogens (tertiary/aromatic N) is 5. The lowest BCUT2D eigenvalue weighted by atomic mass is 9.96. The molecular weight excluding hydrogens is 634 g/mol. The molecule has 0 saturated carbocycles. The highest BCUT2D eigenvalue weighted by Crippen LogP contribution is 2.43. The molecule has 3 aromatic heterocycles. The Kier molecular flexibility index (Phi) is 8.50. The minimum Gasteiger partial charge on any atom is -0.481 e. The summed E-state index contributed by atoms with van der Waals surface area (Å²) in [6.07, 6.45) is 3.32. The van der Waals surface area contributed by atoms with Crippen LogP contribution < -0.4 is 26.6 Å². The number of aryl methyl sites for hydroxylation is 2. The van der Waals surface area contributed by atoms with Gasteiger partial charge in [0.05, 0.1) is 42.3 Å². The number of halogens is 1. The van der Waals surface area contributed by atoms with E-state index in [0.717, 1.165) is 57.2 Å². The molecule has 0 bridgehead atoms. The van der Waals surface area contributed by atoms with Gasteiger partial charge >= 0.3 is 5.69 Å². The number of aromatic nitrogens is 5. The first kappa shape index (κ1) is 32.0. The monoisotopic (exact) mass is 669 g/mol. The van der Waals surface area contributed by atoms with Crippen molar-refractivity contribution >= 4 is 34.0 Å². The van der Waals surface area contributed by atoms with E-state index < -0.39 is 17.4 Å². The fourth-order valence-corrected chi connectivity index (χ4v) is 7.21. The fraction of sp³-hybridized carbons (Fsp3) is 0.343. The van der Waals surface area contributed by atoms with Crippen molar-refractivity contribution in [2.75, 3.05) is 25.6 Å². The quantitative estimate of drug-likeness (QED) is 0.231. The van der Waals surface area contributed by atoms with Gasteiger partial charge in [-0.1, -0.05) is 41.9 Å². The number of methoxy groups -OCH3 is 1. The van der Waals surface area contributed by atoms with Crippen LogP contribution in [0.4, 0.5) is 11.5 Å². The Morgan fingerprint density at radius 3 is 2.62 bits per heavy atom. The average molecular weight is 670 g/mol. The molecule has 0 unspecified atom stereocenters. The second-order valence-electron chi connectivity index (χ2n) is 12.3. The van der Waals surface area contributed by atoms with E-state index in [1.54, 1.807) is 14.2 Å². The predicted molar refractivity (Wildman–Crippen MR) is 184 cm³/mol. The predicted octanol–water partition coefficient (Wildman–Crippen LogP) is 4.20. The van der Waals surface area contributed by atoms with Gasteiger partial charge in [0.15, 0.2) is 5.82 Å². The Hall–Kier alpha value is -4.62. The van der Waals surface area contributed by atoms with Gasteiger partial charge < -0.3 is 25.2 Å². The van der Waals surface area contributed by atoms with Crippen molar-refractivity contribution in [2.45, 2.75) is 44.4 Å². The van der Waals surface area contributed by atoms with E-state index in [4.69, 9.17) is 26.1 Å². The first-order chi connectivity index (χ1) is 23.2. The van der Waals surface area contributed by atoms with Crippen LogP contribution in [0.15, 0.2) is 58.3 Å². The molecule has 2 aromatic carbocycles. The molecule has 3 N–H and O–H groups in total. The maximum absolute atomic E-state index is 13.1. The topological polar surface area (TPSA) is 145 Å². The third-order valence-corrected chi connectivity index (χ3v) is 9.94. The molecule has 0 spiro atoms. The zero-order chi connectivity index (χ0) is 33.7. The van der Waals surface area contributed by atoms with Crippen molar-refractivity contribution in [3.05, 3.63) is 91.2 Å². The summed E-state index contributed by atoms with van der Waals surface area (Å²) in [6, 6.07) is 13.7. The summed E-state index contributed by atoms with van der Waals surface area (Å²) in [5, 5.41) is 26.4. The van der Waals surface area contributed by atoms with Crippen LogP contribution in [0.1, 0.15) is 35.6 Å². The number of hydrogen-bond donors (Lipinski definition) is 3. The zero-order valence-electron chi connectivity index (χ0n) is 27.1. The van der Waals surface area contributed by atoms with Gasteiger partial charge in [0.2, 0.25) is 5.88 Å². The number of anilines is 2. The molecule has 5 aromatic rings. The smallest absolute Gasteiger partial charge is 0.330 e. The highest BCUT2D eigenvalue weighted by atomic mass is 35.5. The van der Waals surface area contributed by atoms with E-state index >= 15 is 0 Å². The van der Waals surface area contributed by atoms with Crippen LogP contribution in [-0.2, 0) is 25.3 Å². The van der Waals surface area contributed by atoms with Crippen molar-refractivity contribution < 1.29 is 14.6 Å². The van der Waals surface area contributed by atoms with Crippen LogP contribution in [0.25, 0.3) is 33.3 Å². The number of benzene rings is 2. The van der Waals surface area contributed by atoms with E-state index in [0.29, 0.717) is 41.0 Å². The molecule has 0 radical (unpaired) electrons. The van der Waals surface area contributed by atoms with Crippen LogP contribution in [-0.4, -0.2) is 61.9 Å². The Bertz CT molecular complexity index is 2180. The maximum atomic E-state index is 13.1. The normalized spacial score (nSPS) is 19.0. The van der Waals surface area contributed by atoms with Crippen LogP contribution in [0.2, 0.25) is 5.02 Å². The standard InChI is InChI=1S/C35H36ClN7O5/c1-18-20(7-6-10-23(18)39-32-30-27(16-37-41-32)42(2)35(46)43(3)34(30)45)21-8-5-9-22(31(21)36)26-15-19-11-12-25(29(19)33(40-26)47-4)38-24-13-14-48-17-28(24)44/h5-10,15-16,24-25,28,38,44H,11-14,17H2,1-4H3,(H,39,41)/t24-,25+,28+/m1/s1. The van der Waals surface area contributed by atoms with Gasteiger partial charge in [-0.25, -0.2) is 9.78 Å². The molecule has 248 valence electrons. The van der Waals surface area contributed by atoms with Crippen molar-refractivity contribution in [1.82, 2.24) is 29.6 Å². The number of nitrogens with one attached hydrogen (secondary N) is 2. The Morgan fingerprint density at radius 2 is 1.83 bits per heavy atom. The van der Waals surface area contributed by atoms with E-state index in [9.17, 15) is 14.7 Å². The Morgan fingerprint density at radius 1 is 1.06 bits per heavy atom. The number of ether oxygens (including phenoxy) is 2. The maximum Gasteiger partial charge on any atom is 0.330 e. The second kappa shape index (κ2) is 12.8. The van der Waals surface area contributed by atoms with Gasteiger partial charge in [0.1, 0.15) is 5.39 Å². The van der Waals surface area contributed by atoms with Gasteiger partial charge in [-0.2, -0.15) is 5.10 Å². The van der Waals surface area contributed by atoms with E-state index in [1.807, 2.05) is 43.3 Å². The number of aliphatic hydroxyl groups excluding tert-OH is 1. The summed E-state index contributed by atoms with van der Waals surface area (Å²) in [5.74, 6) is 0.792. The van der Waals surface area contributed by atoms with Gasteiger partial charge in [-0.3, -0.25) is 13.9 Å². The number of hydrogen-bond acceptors (Lipinski definition) is 10. The molecule has 2 aliphatic rings. The average Bonchev–Trinajstić information content (AvgIpc) is 3.50. The highest BCUT2D eigenvalue weighted by molar-refractivity contribution is 6.36. The Balaban J connectivity index is 1.24. The van der Waals surface area contributed by atoms with Crippen LogP contribution >= 0.6 is 11.6 Å². The summed E-state index contributed by atoms with van der Waals surface area (Å²) in [6.45, 7) is 2.92. The van der Waals surface area contributed by atoms with Gasteiger partial charge in [-0.15, -0.1) is 5.10 Å². The molecule has 0 amide bonds. The first-order valence-corrected chi connectivity index (χ1v) is 16.2. The van der Waals surface area contributed by atoms with Crippen molar-refractivity contribution in [2.24, 2.45) is 14.1 Å². The minimum absolute atomic E-state index is 0.0189. The fourth-order valence-electron chi connectivity index (χ4n) is 6.88. The molecule has 1 aliphatic carbocycles. The second-order valence-corrected chi connectivity index (χ2v) is 12.7. The first-order valence-electron chi connectivity index (χ1n) is 15.8. The summed E-state index contributed by atoms with van der Waals surface area (Å²) >= 11 is 7.18. The van der Waals surface area contributed by atoms with Gasteiger partial charge in [0.25, 0.3) is 5.56 Å². The SMILES string of the molecule is COc1nc(-c2cccc(-c3cccc(Nc4nncc5c4c(=O)n(C)c(=O)n5C)c3C)c2Cl)cc2c1[C@@H](N[C@@H]1CCOC[C@@H]1O)CC2. The third-order valence-electron chi connectivity index (χ3n) is 9.53. The third kappa shape index (κ3) is 5.44. The molecule has 1 fully saturated rings. The van der Waals surface area contributed by atoms with Crippen molar-refractivity contribution in [1.29, 1.82) is 0 Å². The molecule has 12 nitrogen and oxygen atoms in total. The number of pyridine rings is 1. The highest BCUT2D eigenvalue weighted by Gasteiger charge is 2.33. The van der Waals surface area contributed by atoms with E-state index in [2.05, 4.69) is 26.9 Å². The van der Waals surface area contributed by atoms with Gasteiger partial charge in [0, 0.05) is 55.2 Å². The lowest BCUT2D eigenvalue weighted by molar-refractivity contribution is -0.0304. The lowest BCUT2D eigenvalue weighted by Gasteiger charge is -2.31. The van der Waals surface area contributed by atoms with E-state index in [1.165, 1.54) is 17.8 Å². The molecular formula is C35H36ClN7O5. The van der Waals surface area contributed by atoms with E-state index in [-0.39, 0.29) is 23.3 Å². The van der Waals surface area contributed by atoms with Crippen molar-refractivity contribution in [3.8, 4) is 28.3 Å². The Labute approximate surface area is 281 Å². The van der Waals surface area contributed by atoms with Gasteiger partial charge in [-0.05, 0) is 55.0 Å². The molecule has 4 heterocycles. The lowest BCUT2D eigenvalue weighted by Crippen LogP contribution is -2.47. The number of fused-ring (bicyclic) bond motifs is 2. The summed E-state index contributed by atoms with van der Waals surface area (Å²) in [7, 11) is 4.66. The van der Waals surface area contributed by atoms with Crippen molar-refractivity contribution in [3.63, 3.8) is 0 Å². The summed E-state index contributed by atoms with van der Waals surface area (Å²) in [5.41, 5.74) is 6.39. The number of aliphatic hydroxyl groups is 1. The van der Waals surface area contributed by atoms with Crippen LogP contribution in [0.5, 0.6) is 5.88 Å². The molecule has 1 saturated heterocycles. The molecule has 13 heteroatoms. The zero-order valence-corrected chi connectivity index (χ0v) is 27.8. The van der Waals surface area contributed by atoms with Crippen LogP contribution in [0.3, 0.4) is 0 Å².